The van der Waals surface area contributed by atoms with Crippen LogP contribution in [-0.4, -0.2) is 33.2 Å². The first-order valence-corrected chi connectivity index (χ1v) is 13.7. The molecule has 0 fully saturated rings. The Morgan fingerprint density at radius 2 is 1.68 bits per heavy atom. The second-order valence-corrected chi connectivity index (χ2v) is 11.2. The highest BCUT2D eigenvalue weighted by molar-refractivity contribution is 7.98. The number of thioether (sulfide) groups is 1. The molecular formula is C24H23Cl2FN2O3S2. The van der Waals surface area contributed by atoms with E-state index in [-0.39, 0.29) is 10.6 Å². The van der Waals surface area contributed by atoms with Crippen molar-refractivity contribution >= 4 is 56.6 Å². The number of rotatable bonds is 10. The van der Waals surface area contributed by atoms with Crippen LogP contribution in [0.25, 0.3) is 0 Å². The third-order valence-corrected chi connectivity index (χ3v) is 8.39. The molecule has 1 amide bonds. The summed E-state index contributed by atoms with van der Waals surface area (Å²) in [6.45, 7) is 1.77. The van der Waals surface area contributed by atoms with Crippen molar-refractivity contribution in [2.45, 2.75) is 17.6 Å². The predicted molar refractivity (Wildman–Crippen MR) is 138 cm³/mol. The maximum Gasteiger partial charge on any atom is 0.264 e. The summed E-state index contributed by atoms with van der Waals surface area (Å²) in [6, 6.07) is 16.7. The molecule has 0 aromatic heterocycles. The first-order valence-electron chi connectivity index (χ1n) is 10.3. The molecule has 0 aliphatic heterocycles. The minimum Gasteiger partial charge on any atom is -0.354 e. The number of carbonyl (C=O) groups excluding carboxylic acids is 1. The molecule has 3 aromatic rings. The Labute approximate surface area is 213 Å². The number of benzene rings is 3. The van der Waals surface area contributed by atoms with Gasteiger partial charge in [-0.15, -0.1) is 0 Å². The molecule has 3 aromatic carbocycles. The zero-order chi connectivity index (χ0) is 24.7. The van der Waals surface area contributed by atoms with Crippen molar-refractivity contribution in [1.82, 2.24) is 5.32 Å². The summed E-state index contributed by atoms with van der Waals surface area (Å²) < 4.78 is 41.0. The molecule has 0 heterocycles. The van der Waals surface area contributed by atoms with E-state index < -0.39 is 28.3 Å². The number of amides is 1. The lowest BCUT2D eigenvalue weighted by Gasteiger charge is -2.24. The van der Waals surface area contributed by atoms with E-state index >= 15 is 0 Å². The molecular weight excluding hydrogens is 518 g/mol. The highest BCUT2D eigenvalue weighted by Crippen LogP contribution is 2.25. The standard InChI is InChI=1S/C24H23Cl2FN2O3S2/c1-17-2-9-21(10-3-17)34(31,32)29(20-7-5-19(27)6-8-20)15-24(30)28-12-13-33-16-18-4-11-22(25)23(26)14-18/h2-11,14H,12-13,15-16H2,1H3,(H,28,30). The topological polar surface area (TPSA) is 66.5 Å². The molecule has 3 rings (SSSR count). The fourth-order valence-electron chi connectivity index (χ4n) is 3.03. The third-order valence-electron chi connectivity index (χ3n) is 4.83. The Morgan fingerprint density at radius 3 is 2.32 bits per heavy atom. The summed E-state index contributed by atoms with van der Waals surface area (Å²) in [4.78, 5) is 12.7. The first kappa shape index (κ1) is 26.3. The van der Waals surface area contributed by atoms with Gasteiger partial charge in [-0.3, -0.25) is 9.10 Å². The maximum absolute atomic E-state index is 13.4. The van der Waals surface area contributed by atoms with Crippen molar-refractivity contribution in [3.8, 4) is 0 Å². The second kappa shape index (κ2) is 11.9. The van der Waals surface area contributed by atoms with Gasteiger partial charge in [-0.2, -0.15) is 11.8 Å². The van der Waals surface area contributed by atoms with E-state index in [1.54, 1.807) is 36.0 Å². The van der Waals surface area contributed by atoms with Crippen LogP contribution < -0.4 is 9.62 Å². The average Bonchev–Trinajstić information content (AvgIpc) is 2.80. The van der Waals surface area contributed by atoms with E-state index in [9.17, 15) is 17.6 Å². The molecule has 0 aliphatic rings. The zero-order valence-electron chi connectivity index (χ0n) is 18.3. The summed E-state index contributed by atoms with van der Waals surface area (Å²) in [5.41, 5.74) is 2.12. The molecule has 0 aliphatic carbocycles. The largest absolute Gasteiger partial charge is 0.354 e. The van der Waals surface area contributed by atoms with Gasteiger partial charge in [0.25, 0.3) is 10.0 Å². The zero-order valence-corrected chi connectivity index (χ0v) is 21.4. The minimum absolute atomic E-state index is 0.0485. The number of hydrogen-bond donors (Lipinski definition) is 1. The highest BCUT2D eigenvalue weighted by atomic mass is 35.5. The Bertz CT molecular complexity index is 1240. The molecule has 0 saturated heterocycles. The average molecular weight is 541 g/mol. The van der Waals surface area contributed by atoms with Gasteiger partial charge >= 0.3 is 0 Å². The second-order valence-electron chi connectivity index (χ2n) is 7.45. The lowest BCUT2D eigenvalue weighted by atomic mass is 10.2. The van der Waals surface area contributed by atoms with Crippen LogP contribution >= 0.6 is 35.0 Å². The van der Waals surface area contributed by atoms with Gasteiger partial charge in [-0.25, -0.2) is 12.8 Å². The number of halogens is 3. The van der Waals surface area contributed by atoms with Crippen LogP contribution in [0.4, 0.5) is 10.1 Å². The minimum atomic E-state index is -4.04. The summed E-state index contributed by atoms with van der Waals surface area (Å²) in [7, 11) is -4.04. The monoisotopic (exact) mass is 540 g/mol. The molecule has 1 N–H and O–H groups in total. The predicted octanol–water partition coefficient (Wildman–Crippen LogP) is 5.69. The lowest BCUT2D eigenvalue weighted by Crippen LogP contribution is -2.41. The summed E-state index contributed by atoms with van der Waals surface area (Å²) >= 11 is 13.5. The fraction of sp³-hybridized carbons (Fsp3) is 0.208. The van der Waals surface area contributed by atoms with Gasteiger partial charge in [0.2, 0.25) is 5.91 Å². The van der Waals surface area contributed by atoms with Gasteiger partial charge in [0.15, 0.2) is 0 Å². The molecule has 5 nitrogen and oxygen atoms in total. The molecule has 0 saturated carbocycles. The maximum atomic E-state index is 13.4. The molecule has 0 atom stereocenters. The van der Waals surface area contributed by atoms with Gasteiger partial charge in [0, 0.05) is 18.1 Å². The molecule has 10 heteroatoms. The number of nitrogens with zero attached hydrogens (tertiary/aromatic N) is 1. The quantitative estimate of drug-likeness (QED) is 0.335. The summed E-state index contributed by atoms with van der Waals surface area (Å²) in [6.07, 6.45) is 0. The SMILES string of the molecule is Cc1ccc(S(=O)(=O)N(CC(=O)NCCSCc2ccc(Cl)c(Cl)c2)c2ccc(F)cc2)cc1. The van der Waals surface area contributed by atoms with Crippen LogP contribution in [0.2, 0.25) is 10.0 Å². The Kier molecular flexibility index (Phi) is 9.24. The smallest absolute Gasteiger partial charge is 0.264 e. The van der Waals surface area contributed by atoms with Crippen LogP contribution in [0.5, 0.6) is 0 Å². The number of sulfonamides is 1. The van der Waals surface area contributed by atoms with Crippen LogP contribution in [0.3, 0.4) is 0 Å². The van der Waals surface area contributed by atoms with Crippen molar-refractivity contribution in [3.63, 3.8) is 0 Å². The first-order chi connectivity index (χ1) is 16.2. The van der Waals surface area contributed by atoms with Gasteiger partial charge in [-0.05, 0) is 61.0 Å². The Morgan fingerprint density at radius 1 is 1.00 bits per heavy atom. The van der Waals surface area contributed by atoms with E-state index in [1.165, 1.54) is 24.3 Å². The Balaban J connectivity index is 1.62. The van der Waals surface area contributed by atoms with Crippen molar-refractivity contribution in [3.05, 3.63) is 93.7 Å². The molecule has 0 radical (unpaired) electrons. The summed E-state index contributed by atoms with van der Waals surface area (Å²) in [5.74, 6) is 0.346. The number of nitrogens with one attached hydrogen (secondary N) is 1. The van der Waals surface area contributed by atoms with Gasteiger partial charge < -0.3 is 5.32 Å². The van der Waals surface area contributed by atoms with Crippen molar-refractivity contribution in [2.24, 2.45) is 0 Å². The van der Waals surface area contributed by atoms with Gasteiger partial charge in [0.1, 0.15) is 12.4 Å². The lowest BCUT2D eigenvalue weighted by molar-refractivity contribution is -0.119. The number of anilines is 1. The number of aryl methyl sites for hydroxylation is 1. The molecule has 0 bridgehead atoms. The normalized spacial score (nSPS) is 11.3. The van der Waals surface area contributed by atoms with Crippen LogP contribution in [0, 0.1) is 12.7 Å². The third kappa shape index (κ3) is 7.12. The molecule has 0 unspecified atom stereocenters. The van der Waals surface area contributed by atoms with E-state index in [1.807, 2.05) is 13.0 Å². The fourth-order valence-corrected chi connectivity index (χ4v) is 5.58. The summed E-state index contributed by atoms with van der Waals surface area (Å²) in [5, 5.41) is 3.73. The van der Waals surface area contributed by atoms with Crippen LogP contribution in [0.1, 0.15) is 11.1 Å². The van der Waals surface area contributed by atoms with Crippen molar-refractivity contribution in [2.75, 3.05) is 23.1 Å². The van der Waals surface area contributed by atoms with E-state index in [0.717, 1.165) is 27.6 Å². The number of carbonyl (C=O) groups is 1. The number of hydrogen-bond acceptors (Lipinski definition) is 4. The van der Waals surface area contributed by atoms with Crippen molar-refractivity contribution in [1.29, 1.82) is 0 Å². The van der Waals surface area contributed by atoms with Gasteiger partial charge in [-0.1, -0.05) is 47.0 Å². The molecule has 180 valence electrons. The molecule has 0 spiro atoms. The Hall–Kier alpha value is -2.26. The van der Waals surface area contributed by atoms with E-state index in [0.29, 0.717) is 28.1 Å². The van der Waals surface area contributed by atoms with Crippen LogP contribution in [0.15, 0.2) is 71.6 Å². The molecule has 34 heavy (non-hydrogen) atoms. The highest BCUT2D eigenvalue weighted by Gasteiger charge is 2.27. The van der Waals surface area contributed by atoms with Gasteiger partial charge in [0.05, 0.1) is 20.6 Å². The van der Waals surface area contributed by atoms with Crippen molar-refractivity contribution < 1.29 is 17.6 Å². The van der Waals surface area contributed by atoms with E-state index in [4.69, 9.17) is 23.2 Å². The van der Waals surface area contributed by atoms with Crippen LogP contribution in [-0.2, 0) is 20.6 Å². The van der Waals surface area contributed by atoms with E-state index in [2.05, 4.69) is 5.32 Å².